The molecule has 2 aliphatic carbocycles. The number of fused-ring (bicyclic) bond motifs is 1. The summed E-state index contributed by atoms with van der Waals surface area (Å²) in [6.45, 7) is 8.36. The summed E-state index contributed by atoms with van der Waals surface area (Å²) in [5.41, 5.74) is -2.78. The molecule has 0 N–H and O–H groups in total. The number of esters is 2. The summed E-state index contributed by atoms with van der Waals surface area (Å²) in [4.78, 5) is 39.7. The third kappa shape index (κ3) is 2.02. The molecule has 4 aliphatic heterocycles. The monoisotopic (exact) mass is 470 g/mol. The molecule has 0 aromatic carbocycles. The SMILES string of the molecule is CC1(C)O[C@H]2CC(=O)OC[C@@]23[C@@H]1CC(=O)[C@]1(C)[C@H]3CC[C@@]2(C)[C@H](c3ccoc3)OC(=O)[C@H]3O[C@]321. The van der Waals surface area contributed by atoms with E-state index >= 15 is 0 Å². The number of hydrogen-bond acceptors (Lipinski definition) is 8. The number of rotatable bonds is 1. The molecule has 6 fully saturated rings. The Bertz CT molecular complexity index is 1120. The van der Waals surface area contributed by atoms with E-state index in [2.05, 4.69) is 6.92 Å². The highest BCUT2D eigenvalue weighted by molar-refractivity contribution is 5.93. The van der Waals surface area contributed by atoms with Crippen molar-refractivity contribution in [2.75, 3.05) is 6.61 Å². The minimum absolute atomic E-state index is 0.0677. The van der Waals surface area contributed by atoms with Crippen LogP contribution in [-0.2, 0) is 33.3 Å². The summed E-state index contributed by atoms with van der Waals surface area (Å²) in [7, 11) is 0. The lowest BCUT2D eigenvalue weighted by Crippen LogP contribution is -2.72. The van der Waals surface area contributed by atoms with Gasteiger partial charge in [0.05, 0.1) is 36.1 Å². The third-order valence-electron chi connectivity index (χ3n) is 10.7. The number of furan rings is 1. The molecule has 2 spiro atoms. The largest absolute Gasteiger partial charge is 0.472 e. The van der Waals surface area contributed by atoms with Crippen LogP contribution in [0.4, 0.5) is 0 Å². The van der Waals surface area contributed by atoms with Crippen LogP contribution >= 0.6 is 0 Å². The number of carbonyl (C=O) groups is 3. The topological polar surface area (TPSA) is 105 Å². The Morgan fingerprint density at radius 3 is 2.50 bits per heavy atom. The Balaban J connectivity index is 1.41. The first-order valence-electron chi connectivity index (χ1n) is 12.3. The average Bonchev–Trinajstić information content (AvgIpc) is 3.26. The normalized spacial score (nSPS) is 52.4. The van der Waals surface area contributed by atoms with Gasteiger partial charge in [-0.25, -0.2) is 4.79 Å². The van der Waals surface area contributed by atoms with Crippen molar-refractivity contribution in [1.29, 1.82) is 0 Å². The van der Waals surface area contributed by atoms with E-state index in [9.17, 15) is 14.4 Å². The summed E-state index contributed by atoms with van der Waals surface area (Å²) in [6, 6.07) is 1.81. The molecule has 8 heteroatoms. The number of cyclic esters (lactones) is 2. The van der Waals surface area contributed by atoms with Gasteiger partial charge in [0.25, 0.3) is 0 Å². The molecule has 2 saturated carbocycles. The van der Waals surface area contributed by atoms with E-state index in [0.717, 1.165) is 12.0 Å². The second-order valence-electron chi connectivity index (χ2n) is 12.2. The predicted octanol–water partition coefficient (Wildman–Crippen LogP) is 3.14. The van der Waals surface area contributed by atoms with Gasteiger partial charge in [-0.3, -0.25) is 9.59 Å². The first-order chi connectivity index (χ1) is 16.0. The maximum Gasteiger partial charge on any atom is 0.339 e. The molecular formula is C26H30O8. The van der Waals surface area contributed by atoms with Gasteiger partial charge in [0, 0.05) is 28.7 Å². The van der Waals surface area contributed by atoms with Gasteiger partial charge in [-0.15, -0.1) is 0 Å². The van der Waals surface area contributed by atoms with Gasteiger partial charge in [-0.1, -0.05) is 6.92 Å². The maximum atomic E-state index is 14.2. The van der Waals surface area contributed by atoms with E-state index in [-0.39, 0.29) is 42.7 Å². The molecule has 1 aromatic heterocycles. The van der Waals surface area contributed by atoms with Crippen molar-refractivity contribution in [1.82, 2.24) is 0 Å². The van der Waals surface area contributed by atoms with Crippen LogP contribution < -0.4 is 0 Å². The molecule has 4 saturated heterocycles. The molecule has 0 unspecified atom stereocenters. The molecule has 0 radical (unpaired) electrons. The second-order valence-corrected chi connectivity index (χ2v) is 12.2. The van der Waals surface area contributed by atoms with Crippen LogP contribution in [0, 0.1) is 28.1 Å². The fraction of sp³-hybridized carbons (Fsp3) is 0.731. The first kappa shape index (κ1) is 21.1. The van der Waals surface area contributed by atoms with E-state index in [0.29, 0.717) is 12.8 Å². The lowest BCUT2D eigenvalue weighted by molar-refractivity contribution is -0.225. The number of epoxide rings is 1. The van der Waals surface area contributed by atoms with Gasteiger partial charge < -0.3 is 23.4 Å². The van der Waals surface area contributed by atoms with Crippen LogP contribution in [0.5, 0.6) is 0 Å². The maximum absolute atomic E-state index is 14.2. The van der Waals surface area contributed by atoms with Gasteiger partial charge in [0.15, 0.2) is 6.10 Å². The Hall–Kier alpha value is -2.19. The molecule has 7 rings (SSSR count). The fourth-order valence-electron chi connectivity index (χ4n) is 9.34. The van der Waals surface area contributed by atoms with Crippen molar-refractivity contribution in [2.24, 2.45) is 28.1 Å². The summed E-state index contributed by atoms with van der Waals surface area (Å²) in [5.74, 6) is -0.780. The second kappa shape index (κ2) is 5.95. The minimum Gasteiger partial charge on any atom is -0.472 e. The summed E-state index contributed by atoms with van der Waals surface area (Å²) >= 11 is 0. The van der Waals surface area contributed by atoms with Gasteiger partial charge in [-0.05, 0) is 45.6 Å². The van der Waals surface area contributed by atoms with Crippen LogP contribution in [-0.4, -0.2) is 47.7 Å². The van der Waals surface area contributed by atoms with Gasteiger partial charge in [0.2, 0.25) is 0 Å². The lowest BCUT2D eigenvalue weighted by Gasteiger charge is -2.65. The molecular weight excluding hydrogens is 440 g/mol. The number of ketones is 1. The predicted molar refractivity (Wildman–Crippen MR) is 114 cm³/mol. The Morgan fingerprint density at radius 1 is 0.971 bits per heavy atom. The summed E-state index contributed by atoms with van der Waals surface area (Å²) in [6.07, 6.45) is 3.46. The standard InChI is InChI=1S/C26H30O8/c1-22(2)15-9-16(27)24(4)14(25(15)12-31-18(28)10-17(25)33-22)5-7-23(3)19(13-6-8-30-11-13)32-21(29)20-26(23,24)34-20/h6,8,11,14-15,17,19-20H,5,7,9-10,12H2,1-4H3/t14-,15-,17+,19+,20-,23+,24+,25-,26-/m1/s1. The highest BCUT2D eigenvalue weighted by Crippen LogP contribution is 2.79. The molecule has 9 atom stereocenters. The van der Waals surface area contributed by atoms with Crippen molar-refractivity contribution >= 4 is 17.7 Å². The van der Waals surface area contributed by atoms with Gasteiger partial charge >= 0.3 is 11.9 Å². The van der Waals surface area contributed by atoms with Crippen LogP contribution in [0.2, 0.25) is 0 Å². The van der Waals surface area contributed by atoms with Crippen molar-refractivity contribution in [3.63, 3.8) is 0 Å². The molecule has 0 amide bonds. The lowest BCUT2D eigenvalue weighted by atomic mass is 9.37. The highest BCUT2D eigenvalue weighted by atomic mass is 16.7. The summed E-state index contributed by atoms with van der Waals surface area (Å²) < 4.78 is 29.8. The zero-order chi connectivity index (χ0) is 23.9. The minimum atomic E-state index is -0.976. The smallest absolute Gasteiger partial charge is 0.339 e. The number of Topliss-reactive ketones (excluding diaryl/α,β-unsaturated/α-hetero) is 1. The molecule has 34 heavy (non-hydrogen) atoms. The van der Waals surface area contributed by atoms with Crippen molar-refractivity contribution < 1.29 is 37.7 Å². The zero-order valence-corrected chi connectivity index (χ0v) is 19.9. The summed E-state index contributed by atoms with van der Waals surface area (Å²) in [5, 5.41) is 0. The Morgan fingerprint density at radius 2 is 1.76 bits per heavy atom. The van der Waals surface area contributed by atoms with E-state index in [4.69, 9.17) is 23.4 Å². The number of hydrogen-bond donors (Lipinski definition) is 0. The van der Waals surface area contributed by atoms with Crippen molar-refractivity contribution in [2.45, 2.75) is 82.9 Å². The Kier molecular flexibility index (Phi) is 3.70. The van der Waals surface area contributed by atoms with E-state index < -0.39 is 45.6 Å². The molecule has 182 valence electrons. The van der Waals surface area contributed by atoms with E-state index in [1.54, 1.807) is 12.5 Å². The van der Waals surface area contributed by atoms with Crippen LogP contribution in [0.15, 0.2) is 23.0 Å². The fourth-order valence-corrected chi connectivity index (χ4v) is 9.34. The van der Waals surface area contributed by atoms with Gasteiger partial charge in [0.1, 0.15) is 24.1 Å². The molecule has 0 bridgehead atoms. The van der Waals surface area contributed by atoms with Crippen LogP contribution in [0.25, 0.3) is 0 Å². The molecule has 1 aromatic rings. The number of ether oxygens (including phenoxy) is 4. The van der Waals surface area contributed by atoms with E-state index in [1.165, 1.54) is 0 Å². The number of carbonyl (C=O) groups excluding carboxylic acids is 3. The first-order valence-corrected chi connectivity index (χ1v) is 12.3. The van der Waals surface area contributed by atoms with Gasteiger partial charge in [-0.2, -0.15) is 0 Å². The van der Waals surface area contributed by atoms with Crippen LogP contribution in [0.1, 0.15) is 65.0 Å². The quantitative estimate of drug-likeness (QED) is 0.455. The Labute approximate surface area is 197 Å². The van der Waals surface area contributed by atoms with Crippen LogP contribution in [0.3, 0.4) is 0 Å². The molecule has 6 aliphatic rings. The zero-order valence-electron chi connectivity index (χ0n) is 19.9. The third-order valence-corrected chi connectivity index (χ3v) is 10.7. The molecule has 5 heterocycles. The van der Waals surface area contributed by atoms with Crippen molar-refractivity contribution in [3.05, 3.63) is 24.2 Å². The molecule has 8 nitrogen and oxygen atoms in total. The highest BCUT2D eigenvalue weighted by Gasteiger charge is 2.89. The van der Waals surface area contributed by atoms with Crippen molar-refractivity contribution in [3.8, 4) is 0 Å². The average molecular weight is 471 g/mol. The van der Waals surface area contributed by atoms with E-state index in [1.807, 2.05) is 26.8 Å².